The van der Waals surface area contributed by atoms with Crippen LogP contribution in [0, 0.1) is 0 Å². The van der Waals surface area contributed by atoms with Crippen LogP contribution in [0.2, 0.25) is 0 Å². The van der Waals surface area contributed by atoms with Crippen LogP contribution < -0.4 is 10.5 Å². The predicted octanol–water partition coefficient (Wildman–Crippen LogP) is 2.70. The van der Waals surface area contributed by atoms with E-state index in [0.717, 1.165) is 25.2 Å². The van der Waals surface area contributed by atoms with Crippen LogP contribution in [0.3, 0.4) is 0 Å². The molecule has 0 amide bonds. The van der Waals surface area contributed by atoms with Gasteiger partial charge in [0.1, 0.15) is 5.75 Å². The van der Waals surface area contributed by atoms with Crippen LogP contribution in [0.1, 0.15) is 38.2 Å². The Balaban J connectivity index is 1.94. The highest BCUT2D eigenvalue weighted by Gasteiger charge is 2.23. The third-order valence-electron chi connectivity index (χ3n) is 3.31. The van der Waals surface area contributed by atoms with E-state index < -0.39 is 0 Å². The number of hydrogen-bond donors (Lipinski definition) is 1. The number of nitrogens with two attached hydrogens (primary N) is 1. The van der Waals surface area contributed by atoms with Gasteiger partial charge in [0.25, 0.3) is 0 Å². The predicted molar refractivity (Wildman–Crippen MR) is 73.0 cm³/mol. The molecule has 0 saturated carbocycles. The van der Waals surface area contributed by atoms with E-state index in [2.05, 4.69) is 12.1 Å². The van der Waals surface area contributed by atoms with Crippen molar-refractivity contribution in [2.45, 2.75) is 44.8 Å². The number of rotatable bonds is 5. The summed E-state index contributed by atoms with van der Waals surface area (Å²) in [5, 5.41) is 0. The van der Waals surface area contributed by atoms with Crippen LogP contribution in [-0.2, 0) is 4.74 Å². The molecule has 100 valence electrons. The van der Waals surface area contributed by atoms with E-state index in [4.69, 9.17) is 15.2 Å². The van der Waals surface area contributed by atoms with E-state index >= 15 is 0 Å². The Labute approximate surface area is 109 Å². The van der Waals surface area contributed by atoms with E-state index in [1.165, 1.54) is 5.56 Å². The van der Waals surface area contributed by atoms with Gasteiger partial charge in [0, 0.05) is 6.04 Å². The first-order valence-corrected chi connectivity index (χ1v) is 6.75. The highest BCUT2D eigenvalue weighted by molar-refractivity contribution is 5.37. The topological polar surface area (TPSA) is 44.5 Å². The molecule has 0 fully saturated rings. The third kappa shape index (κ3) is 3.47. The highest BCUT2D eigenvalue weighted by Crippen LogP contribution is 2.35. The zero-order valence-corrected chi connectivity index (χ0v) is 11.3. The van der Waals surface area contributed by atoms with Crippen molar-refractivity contribution in [3.05, 3.63) is 29.8 Å². The molecule has 2 atom stereocenters. The van der Waals surface area contributed by atoms with Gasteiger partial charge >= 0.3 is 0 Å². The lowest BCUT2D eigenvalue weighted by atomic mass is 9.88. The van der Waals surface area contributed by atoms with E-state index in [0.29, 0.717) is 12.5 Å². The maximum absolute atomic E-state index is 6.14. The van der Waals surface area contributed by atoms with E-state index in [1.54, 1.807) is 0 Å². The van der Waals surface area contributed by atoms with Gasteiger partial charge in [-0.1, -0.05) is 18.2 Å². The van der Waals surface area contributed by atoms with Crippen molar-refractivity contribution in [1.29, 1.82) is 0 Å². The lowest BCUT2D eigenvalue weighted by Crippen LogP contribution is -2.31. The van der Waals surface area contributed by atoms with E-state index in [-0.39, 0.29) is 12.1 Å². The molecule has 0 aliphatic carbocycles. The minimum atomic E-state index is 0.101. The van der Waals surface area contributed by atoms with Gasteiger partial charge in [-0.15, -0.1) is 0 Å². The van der Waals surface area contributed by atoms with Crippen LogP contribution in [0.15, 0.2) is 24.3 Å². The Morgan fingerprint density at radius 2 is 2.17 bits per heavy atom. The lowest BCUT2D eigenvalue weighted by Gasteiger charge is -2.28. The first-order chi connectivity index (χ1) is 8.66. The quantitative estimate of drug-likeness (QED) is 0.872. The normalized spacial score (nSPS) is 20.3. The number of hydrogen-bond acceptors (Lipinski definition) is 3. The average Bonchev–Trinajstić information content (AvgIpc) is 2.37. The lowest BCUT2D eigenvalue weighted by molar-refractivity contribution is 0.0647. The smallest absolute Gasteiger partial charge is 0.122 e. The van der Waals surface area contributed by atoms with Crippen LogP contribution in [-0.4, -0.2) is 25.4 Å². The summed E-state index contributed by atoms with van der Waals surface area (Å²) in [5.41, 5.74) is 7.44. The maximum Gasteiger partial charge on any atom is 0.122 e. The van der Waals surface area contributed by atoms with Crippen molar-refractivity contribution in [3.8, 4) is 5.75 Å². The Kier molecular flexibility index (Phi) is 4.61. The second-order valence-corrected chi connectivity index (χ2v) is 5.25. The molecule has 0 spiro atoms. The molecule has 1 aliphatic heterocycles. The third-order valence-corrected chi connectivity index (χ3v) is 3.31. The first-order valence-electron chi connectivity index (χ1n) is 6.75. The summed E-state index contributed by atoms with van der Waals surface area (Å²) in [7, 11) is 0. The average molecular weight is 249 g/mol. The minimum Gasteiger partial charge on any atom is -0.493 e. The standard InChI is InChI=1S/C15H23NO2/c1-11(2)18-10-13(16)9-12-7-8-17-15-6-4-3-5-14(12)15/h3-6,11-13H,7-10,16H2,1-2H3. The van der Waals surface area contributed by atoms with Gasteiger partial charge in [-0.05, 0) is 44.2 Å². The maximum atomic E-state index is 6.14. The van der Waals surface area contributed by atoms with Gasteiger partial charge in [-0.2, -0.15) is 0 Å². The fraction of sp³-hybridized carbons (Fsp3) is 0.600. The molecule has 18 heavy (non-hydrogen) atoms. The van der Waals surface area contributed by atoms with Crippen molar-refractivity contribution >= 4 is 0 Å². The second-order valence-electron chi connectivity index (χ2n) is 5.25. The largest absolute Gasteiger partial charge is 0.493 e. The van der Waals surface area contributed by atoms with Crippen molar-refractivity contribution in [1.82, 2.24) is 0 Å². The van der Waals surface area contributed by atoms with Crippen LogP contribution in [0.5, 0.6) is 5.75 Å². The molecule has 0 bridgehead atoms. The van der Waals surface area contributed by atoms with Crippen molar-refractivity contribution in [3.63, 3.8) is 0 Å². The van der Waals surface area contributed by atoms with Crippen LogP contribution in [0.25, 0.3) is 0 Å². The monoisotopic (exact) mass is 249 g/mol. The number of fused-ring (bicyclic) bond motifs is 1. The molecule has 2 rings (SSSR count). The summed E-state index contributed by atoms with van der Waals surface area (Å²) in [5.74, 6) is 1.52. The zero-order chi connectivity index (χ0) is 13.0. The molecule has 2 N–H and O–H groups in total. The van der Waals surface area contributed by atoms with Gasteiger partial charge in [-0.25, -0.2) is 0 Å². The molecule has 2 unspecified atom stereocenters. The molecule has 1 heterocycles. The van der Waals surface area contributed by atoms with Crippen molar-refractivity contribution < 1.29 is 9.47 Å². The molecule has 1 aromatic rings. The summed E-state index contributed by atoms with van der Waals surface area (Å²) < 4.78 is 11.2. The summed E-state index contributed by atoms with van der Waals surface area (Å²) in [6, 6.07) is 8.37. The first kappa shape index (κ1) is 13.4. The molecule has 3 heteroatoms. The van der Waals surface area contributed by atoms with Crippen LogP contribution >= 0.6 is 0 Å². The van der Waals surface area contributed by atoms with Gasteiger partial charge < -0.3 is 15.2 Å². The van der Waals surface area contributed by atoms with Gasteiger partial charge in [-0.3, -0.25) is 0 Å². The molecular weight excluding hydrogens is 226 g/mol. The number of ether oxygens (including phenoxy) is 2. The fourth-order valence-electron chi connectivity index (χ4n) is 2.41. The zero-order valence-electron chi connectivity index (χ0n) is 11.3. The Morgan fingerprint density at radius 3 is 2.94 bits per heavy atom. The van der Waals surface area contributed by atoms with Gasteiger partial charge in [0.2, 0.25) is 0 Å². The highest BCUT2D eigenvalue weighted by atomic mass is 16.5. The Hall–Kier alpha value is -1.06. The van der Waals surface area contributed by atoms with Crippen molar-refractivity contribution in [2.75, 3.05) is 13.2 Å². The summed E-state index contributed by atoms with van der Waals surface area (Å²) in [6.07, 6.45) is 2.26. The molecule has 0 aromatic heterocycles. The van der Waals surface area contributed by atoms with E-state index in [9.17, 15) is 0 Å². The van der Waals surface area contributed by atoms with E-state index in [1.807, 2.05) is 26.0 Å². The van der Waals surface area contributed by atoms with Crippen molar-refractivity contribution in [2.24, 2.45) is 5.73 Å². The number of benzene rings is 1. The molecule has 0 saturated heterocycles. The van der Waals surface area contributed by atoms with Crippen LogP contribution in [0.4, 0.5) is 0 Å². The fourth-order valence-corrected chi connectivity index (χ4v) is 2.41. The summed E-state index contributed by atoms with van der Waals surface area (Å²) in [4.78, 5) is 0. The second kappa shape index (κ2) is 6.21. The van der Waals surface area contributed by atoms with Gasteiger partial charge in [0.15, 0.2) is 0 Å². The summed E-state index contributed by atoms with van der Waals surface area (Å²) in [6.45, 7) is 5.50. The Bertz CT molecular complexity index is 379. The summed E-state index contributed by atoms with van der Waals surface area (Å²) >= 11 is 0. The minimum absolute atomic E-state index is 0.101. The molecule has 0 radical (unpaired) electrons. The Morgan fingerprint density at radius 1 is 1.39 bits per heavy atom. The SMILES string of the molecule is CC(C)OCC(N)CC1CCOc2ccccc21. The molecule has 1 aliphatic rings. The molecule has 1 aromatic carbocycles. The number of para-hydroxylation sites is 1. The molecule has 3 nitrogen and oxygen atoms in total. The molecular formula is C15H23NO2. The van der Waals surface area contributed by atoms with Gasteiger partial charge in [0.05, 0.1) is 19.3 Å².